The molecule has 2 unspecified atom stereocenters. The molecule has 2 heterocycles. The van der Waals surface area contributed by atoms with Crippen LogP contribution < -0.4 is 0 Å². The van der Waals surface area contributed by atoms with E-state index in [1.165, 1.54) is 23.5 Å². The number of aliphatic hydroxyl groups excluding tert-OH is 1. The number of amides is 1. The zero-order valence-corrected chi connectivity index (χ0v) is 13.6. The molecule has 0 radical (unpaired) electrons. The lowest BCUT2D eigenvalue weighted by atomic mass is 9.97. The van der Waals surface area contributed by atoms with Crippen LogP contribution >= 0.6 is 11.3 Å². The van der Waals surface area contributed by atoms with Crippen molar-refractivity contribution in [1.29, 1.82) is 0 Å². The summed E-state index contributed by atoms with van der Waals surface area (Å²) in [6, 6.07) is 4.51. The minimum atomic E-state index is -0.531. The van der Waals surface area contributed by atoms with Crippen molar-refractivity contribution in [1.82, 2.24) is 4.90 Å². The van der Waals surface area contributed by atoms with Gasteiger partial charge in [-0.2, -0.15) is 0 Å². The highest BCUT2D eigenvalue weighted by Gasteiger charge is 2.32. The molecule has 0 spiro atoms. The molecule has 2 atom stereocenters. The van der Waals surface area contributed by atoms with Crippen LogP contribution in [-0.4, -0.2) is 34.6 Å². The number of carbonyl (C=O) groups is 1. The highest BCUT2D eigenvalue weighted by molar-refractivity contribution is 7.21. The Morgan fingerprint density at radius 3 is 2.95 bits per heavy atom. The smallest absolute Gasteiger partial charge is 0.264 e. The molecule has 118 valence electrons. The Hall–Kier alpha value is -1.46. The van der Waals surface area contributed by atoms with E-state index >= 15 is 0 Å². The van der Waals surface area contributed by atoms with Gasteiger partial charge in [-0.1, -0.05) is 0 Å². The van der Waals surface area contributed by atoms with E-state index < -0.39 is 6.10 Å². The molecule has 2 aromatic rings. The fraction of sp³-hybridized carbons (Fsp3) is 0.471. The standard InChI is InChI=1S/C17H20FNO2S/c1-10-13-9-12(18)6-7-15(13)22-16(10)17(21)19-8-4-3-5-14(19)11(2)20/h6-7,9,11,14,20H,3-5,8H2,1-2H3. The van der Waals surface area contributed by atoms with Gasteiger partial charge in [0.2, 0.25) is 0 Å². The van der Waals surface area contributed by atoms with E-state index in [9.17, 15) is 14.3 Å². The minimum absolute atomic E-state index is 0.0373. The van der Waals surface area contributed by atoms with Gasteiger partial charge in [-0.05, 0) is 62.3 Å². The summed E-state index contributed by atoms with van der Waals surface area (Å²) in [6.07, 6.45) is 2.31. The largest absolute Gasteiger partial charge is 0.391 e. The molecular formula is C17H20FNO2S. The van der Waals surface area contributed by atoms with Crippen LogP contribution in [0.4, 0.5) is 4.39 Å². The zero-order chi connectivity index (χ0) is 15.9. The van der Waals surface area contributed by atoms with Crippen molar-refractivity contribution in [3.63, 3.8) is 0 Å². The van der Waals surface area contributed by atoms with E-state index in [1.807, 2.05) is 6.92 Å². The number of aliphatic hydroxyl groups is 1. The Bertz CT molecular complexity index is 710. The van der Waals surface area contributed by atoms with Crippen molar-refractivity contribution in [3.8, 4) is 0 Å². The number of nitrogens with zero attached hydrogens (tertiary/aromatic N) is 1. The fourth-order valence-electron chi connectivity index (χ4n) is 3.24. The van der Waals surface area contributed by atoms with Crippen LogP contribution in [0, 0.1) is 12.7 Å². The van der Waals surface area contributed by atoms with E-state index in [0.29, 0.717) is 11.4 Å². The van der Waals surface area contributed by atoms with E-state index in [0.717, 1.165) is 34.9 Å². The summed E-state index contributed by atoms with van der Waals surface area (Å²) < 4.78 is 14.3. The molecule has 5 heteroatoms. The molecule has 1 aromatic heterocycles. The Kier molecular flexibility index (Phi) is 4.19. The summed E-state index contributed by atoms with van der Waals surface area (Å²) in [5.74, 6) is -0.322. The summed E-state index contributed by atoms with van der Waals surface area (Å²) in [4.78, 5) is 15.4. The molecule has 1 aromatic carbocycles. The molecule has 3 nitrogen and oxygen atoms in total. The van der Waals surface area contributed by atoms with Crippen molar-refractivity contribution >= 4 is 27.3 Å². The number of likely N-dealkylation sites (tertiary alicyclic amines) is 1. The second-order valence-corrected chi connectivity index (χ2v) is 7.05. The minimum Gasteiger partial charge on any atom is -0.391 e. The van der Waals surface area contributed by atoms with Crippen LogP contribution in [0.15, 0.2) is 18.2 Å². The van der Waals surface area contributed by atoms with Crippen molar-refractivity contribution in [2.75, 3.05) is 6.54 Å². The van der Waals surface area contributed by atoms with E-state index in [-0.39, 0.29) is 17.8 Å². The number of carbonyl (C=O) groups excluding carboxylic acids is 1. The predicted octanol–water partition coefficient (Wildman–Crippen LogP) is 3.72. The van der Waals surface area contributed by atoms with Gasteiger partial charge in [-0.15, -0.1) is 11.3 Å². The van der Waals surface area contributed by atoms with Crippen molar-refractivity contribution in [2.24, 2.45) is 0 Å². The summed E-state index contributed by atoms with van der Waals surface area (Å²) >= 11 is 1.41. The van der Waals surface area contributed by atoms with Crippen molar-refractivity contribution in [2.45, 2.75) is 45.3 Å². The molecule has 1 N–H and O–H groups in total. The molecule has 3 rings (SSSR count). The molecule has 1 saturated heterocycles. The number of halogens is 1. The van der Waals surface area contributed by atoms with Gasteiger partial charge in [0.1, 0.15) is 5.82 Å². The average Bonchev–Trinajstić information content (AvgIpc) is 2.83. The summed E-state index contributed by atoms with van der Waals surface area (Å²) in [5.41, 5.74) is 0.833. The Labute approximate surface area is 133 Å². The van der Waals surface area contributed by atoms with Crippen molar-refractivity contribution < 1.29 is 14.3 Å². The van der Waals surface area contributed by atoms with Gasteiger partial charge >= 0.3 is 0 Å². The summed E-state index contributed by atoms with van der Waals surface area (Å²) in [5, 5.41) is 10.8. The molecule has 1 aliphatic rings. The molecule has 1 aliphatic heterocycles. The van der Waals surface area contributed by atoms with Crippen LogP contribution in [-0.2, 0) is 0 Å². The highest BCUT2D eigenvalue weighted by atomic mass is 32.1. The number of thiophene rings is 1. The predicted molar refractivity (Wildman–Crippen MR) is 86.9 cm³/mol. The molecule has 0 aliphatic carbocycles. The van der Waals surface area contributed by atoms with Gasteiger partial charge in [-0.25, -0.2) is 4.39 Å². The lowest BCUT2D eigenvalue weighted by Crippen LogP contribution is -2.48. The second kappa shape index (κ2) is 5.97. The molecule has 0 bridgehead atoms. The average molecular weight is 321 g/mol. The Morgan fingerprint density at radius 2 is 2.23 bits per heavy atom. The van der Waals surface area contributed by atoms with E-state index in [4.69, 9.17) is 0 Å². The van der Waals surface area contributed by atoms with Gasteiger partial charge < -0.3 is 10.0 Å². The Morgan fingerprint density at radius 1 is 1.45 bits per heavy atom. The van der Waals surface area contributed by atoms with E-state index in [1.54, 1.807) is 17.9 Å². The first-order valence-electron chi connectivity index (χ1n) is 7.66. The molecule has 1 amide bonds. The third kappa shape index (κ3) is 2.63. The Balaban J connectivity index is 1.99. The van der Waals surface area contributed by atoms with Crippen molar-refractivity contribution in [3.05, 3.63) is 34.5 Å². The van der Waals surface area contributed by atoms with Gasteiger partial charge in [0.15, 0.2) is 0 Å². The van der Waals surface area contributed by atoms with Gasteiger partial charge in [0.05, 0.1) is 17.0 Å². The molecule has 22 heavy (non-hydrogen) atoms. The highest BCUT2D eigenvalue weighted by Crippen LogP contribution is 2.33. The molecule has 1 fully saturated rings. The maximum Gasteiger partial charge on any atom is 0.264 e. The monoisotopic (exact) mass is 321 g/mol. The summed E-state index contributed by atoms with van der Waals surface area (Å²) in [6.45, 7) is 4.28. The van der Waals surface area contributed by atoms with Crippen LogP contribution in [0.1, 0.15) is 41.4 Å². The van der Waals surface area contributed by atoms with Crippen LogP contribution in [0.5, 0.6) is 0 Å². The van der Waals surface area contributed by atoms with Crippen LogP contribution in [0.2, 0.25) is 0 Å². The molecular weight excluding hydrogens is 301 g/mol. The number of rotatable bonds is 2. The number of hydrogen-bond acceptors (Lipinski definition) is 3. The first kappa shape index (κ1) is 15.4. The zero-order valence-electron chi connectivity index (χ0n) is 12.8. The van der Waals surface area contributed by atoms with Crippen LogP contribution in [0.25, 0.3) is 10.1 Å². The summed E-state index contributed by atoms with van der Waals surface area (Å²) in [7, 11) is 0. The normalized spacial score (nSPS) is 20.4. The van der Waals surface area contributed by atoms with Gasteiger partial charge in [0.25, 0.3) is 5.91 Å². The topological polar surface area (TPSA) is 40.5 Å². The van der Waals surface area contributed by atoms with E-state index in [2.05, 4.69) is 0 Å². The lowest BCUT2D eigenvalue weighted by molar-refractivity contribution is 0.0284. The van der Waals surface area contributed by atoms with Gasteiger partial charge in [-0.3, -0.25) is 4.79 Å². The first-order chi connectivity index (χ1) is 10.5. The third-order valence-corrected chi connectivity index (χ3v) is 5.72. The number of hydrogen-bond donors (Lipinski definition) is 1. The molecule has 0 saturated carbocycles. The quantitative estimate of drug-likeness (QED) is 0.916. The number of aryl methyl sites for hydroxylation is 1. The van der Waals surface area contributed by atoms with Gasteiger partial charge in [0, 0.05) is 11.2 Å². The number of piperidine rings is 1. The first-order valence-corrected chi connectivity index (χ1v) is 8.48. The maximum atomic E-state index is 13.4. The SMILES string of the molecule is Cc1c(C(=O)N2CCCCC2C(C)O)sc2ccc(F)cc12. The number of fused-ring (bicyclic) bond motifs is 1. The maximum absolute atomic E-state index is 13.4. The number of benzene rings is 1. The fourth-order valence-corrected chi connectivity index (χ4v) is 4.38. The lowest BCUT2D eigenvalue weighted by Gasteiger charge is -2.37. The third-order valence-electron chi connectivity index (χ3n) is 4.46. The second-order valence-electron chi connectivity index (χ2n) is 6.00. The van der Waals surface area contributed by atoms with Crippen LogP contribution in [0.3, 0.4) is 0 Å².